The molecule has 84 valence electrons. The van der Waals surface area contributed by atoms with Crippen LogP contribution >= 0.6 is 0 Å². The third-order valence-corrected chi connectivity index (χ3v) is 1.83. The van der Waals surface area contributed by atoms with Gasteiger partial charge in [0.1, 0.15) is 0 Å². The van der Waals surface area contributed by atoms with Gasteiger partial charge in [0.25, 0.3) is 5.91 Å². The van der Waals surface area contributed by atoms with E-state index in [2.05, 4.69) is 5.32 Å². The summed E-state index contributed by atoms with van der Waals surface area (Å²) in [5.41, 5.74) is 5.74. The van der Waals surface area contributed by atoms with Gasteiger partial charge in [-0.1, -0.05) is 18.2 Å². The second-order valence-corrected chi connectivity index (χ2v) is 2.98. The molecule has 5 nitrogen and oxygen atoms in total. The van der Waals surface area contributed by atoms with Crippen molar-refractivity contribution in [2.45, 2.75) is 0 Å². The van der Waals surface area contributed by atoms with Gasteiger partial charge < -0.3 is 16.2 Å². The molecule has 16 heavy (non-hydrogen) atoms. The molecule has 0 heterocycles. The minimum atomic E-state index is -0.609. The Bertz CT molecular complexity index is 427. The van der Waals surface area contributed by atoms with E-state index in [0.29, 0.717) is 5.69 Å². The fraction of sp³-hybridized carbons (Fsp3) is 0.0909. The highest BCUT2D eigenvalue weighted by atomic mass is 16.2. The first-order valence-electron chi connectivity index (χ1n) is 4.62. The van der Waals surface area contributed by atoms with E-state index in [1.54, 1.807) is 18.2 Å². The highest BCUT2D eigenvalue weighted by Crippen LogP contribution is 2.13. The Hall–Kier alpha value is -2.14. The molecule has 0 aromatic heterocycles. The monoisotopic (exact) mass is 220 g/mol. The maximum absolute atomic E-state index is 11.3. The van der Waals surface area contributed by atoms with Gasteiger partial charge >= 0.3 is 0 Å². The second kappa shape index (κ2) is 5.67. The molecule has 0 spiro atoms. The van der Waals surface area contributed by atoms with Crippen molar-refractivity contribution in [3.63, 3.8) is 0 Å². The summed E-state index contributed by atoms with van der Waals surface area (Å²) in [5.74, 6) is -1.04. The standard InChI is InChI=1S/C11H12N2O3/c12-11(16)8-4-1-2-5-9(8)13-10(15)6-3-7-14/h1-6,14H,7H2,(H2,12,16)(H,13,15)/b6-3+. The van der Waals surface area contributed by atoms with Crippen molar-refractivity contribution in [3.05, 3.63) is 42.0 Å². The van der Waals surface area contributed by atoms with Gasteiger partial charge in [0.2, 0.25) is 5.91 Å². The van der Waals surface area contributed by atoms with Gasteiger partial charge in [-0.25, -0.2) is 0 Å². The zero-order valence-electron chi connectivity index (χ0n) is 8.51. The summed E-state index contributed by atoms with van der Waals surface area (Å²) in [4.78, 5) is 22.3. The normalized spacial score (nSPS) is 10.3. The molecular formula is C11H12N2O3. The van der Waals surface area contributed by atoms with Crippen LogP contribution in [0, 0.1) is 0 Å². The van der Waals surface area contributed by atoms with Crippen LogP contribution in [-0.4, -0.2) is 23.5 Å². The number of primary amides is 1. The number of carbonyl (C=O) groups excluding carboxylic acids is 2. The SMILES string of the molecule is NC(=O)c1ccccc1NC(=O)/C=C/CO. The Kier molecular flexibility index (Phi) is 4.23. The number of hydrogen-bond donors (Lipinski definition) is 3. The van der Waals surface area contributed by atoms with E-state index in [1.807, 2.05) is 0 Å². The van der Waals surface area contributed by atoms with Crippen molar-refractivity contribution in [2.75, 3.05) is 11.9 Å². The number of nitrogens with one attached hydrogen (secondary N) is 1. The largest absolute Gasteiger partial charge is 0.392 e. The molecule has 5 heteroatoms. The van der Waals surface area contributed by atoms with E-state index in [9.17, 15) is 9.59 Å². The molecule has 1 rings (SSSR count). The van der Waals surface area contributed by atoms with Gasteiger partial charge in [0.05, 0.1) is 17.9 Å². The first kappa shape index (κ1) is 11.9. The summed E-state index contributed by atoms with van der Waals surface area (Å²) in [6.07, 6.45) is 2.47. The van der Waals surface area contributed by atoms with Crippen molar-refractivity contribution in [3.8, 4) is 0 Å². The molecule has 2 amide bonds. The van der Waals surface area contributed by atoms with Gasteiger partial charge in [-0.05, 0) is 12.1 Å². The Labute approximate surface area is 92.6 Å². The van der Waals surface area contributed by atoms with E-state index in [-0.39, 0.29) is 12.2 Å². The zero-order chi connectivity index (χ0) is 12.0. The summed E-state index contributed by atoms with van der Waals surface area (Å²) in [5, 5.41) is 11.0. The number of aliphatic hydroxyl groups is 1. The van der Waals surface area contributed by atoms with Gasteiger partial charge in [-0.15, -0.1) is 0 Å². The molecule has 0 unspecified atom stereocenters. The Morgan fingerprint density at radius 3 is 2.69 bits per heavy atom. The van der Waals surface area contributed by atoms with E-state index in [4.69, 9.17) is 10.8 Å². The van der Waals surface area contributed by atoms with Gasteiger partial charge in [-0.2, -0.15) is 0 Å². The fourth-order valence-electron chi connectivity index (χ4n) is 1.14. The van der Waals surface area contributed by atoms with E-state index in [1.165, 1.54) is 18.2 Å². The molecule has 0 aliphatic rings. The molecule has 4 N–H and O–H groups in total. The number of nitrogens with two attached hydrogens (primary N) is 1. The molecule has 0 aliphatic heterocycles. The Morgan fingerprint density at radius 1 is 1.38 bits per heavy atom. The first-order chi connectivity index (χ1) is 7.65. The fourth-order valence-corrected chi connectivity index (χ4v) is 1.14. The Balaban J connectivity index is 2.84. The second-order valence-electron chi connectivity index (χ2n) is 2.98. The lowest BCUT2D eigenvalue weighted by atomic mass is 10.1. The molecular weight excluding hydrogens is 208 g/mol. The minimum absolute atomic E-state index is 0.217. The quantitative estimate of drug-likeness (QED) is 0.636. The number of anilines is 1. The van der Waals surface area contributed by atoms with Crippen LogP contribution in [0.2, 0.25) is 0 Å². The Morgan fingerprint density at radius 2 is 2.06 bits per heavy atom. The van der Waals surface area contributed by atoms with Crippen molar-refractivity contribution in [1.29, 1.82) is 0 Å². The molecule has 0 saturated heterocycles. The maximum Gasteiger partial charge on any atom is 0.250 e. The summed E-state index contributed by atoms with van der Waals surface area (Å²) in [6.45, 7) is -0.217. The summed E-state index contributed by atoms with van der Waals surface area (Å²) < 4.78 is 0. The predicted molar refractivity (Wildman–Crippen MR) is 59.8 cm³/mol. The predicted octanol–water partition coefficient (Wildman–Crippen LogP) is 0.273. The average Bonchev–Trinajstić information content (AvgIpc) is 2.27. The molecule has 1 aromatic carbocycles. The zero-order valence-corrected chi connectivity index (χ0v) is 8.51. The van der Waals surface area contributed by atoms with Crippen LogP contribution in [0.1, 0.15) is 10.4 Å². The van der Waals surface area contributed by atoms with Gasteiger partial charge in [0.15, 0.2) is 0 Å². The number of benzene rings is 1. The van der Waals surface area contributed by atoms with E-state index < -0.39 is 11.8 Å². The lowest BCUT2D eigenvalue weighted by molar-refractivity contribution is -0.111. The molecule has 0 saturated carbocycles. The lowest BCUT2D eigenvalue weighted by Gasteiger charge is -2.06. The van der Waals surface area contributed by atoms with E-state index >= 15 is 0 Å². The van der Waals surface area contributed by atoms with Gasteiger partial charge in [-0.3, -0.25) is 9.59 Å². The van der Waals surface area contributed by atoms with Gasteiger partial charge in [0, 0.05) is 6.08 Å². The molecule has 0 atom stereocenters. The van der Waals surface area contributed by atoms with Crippen LogP contribution in [-0.2, 0) is 4.79 Å². The number of aliphatic hydroxyl groups excluding tert-OH is 1. The number of amides is 2. The van der Waals surface area contributed by atoms with Crippen LogP contribution in [0.15, 0.2) is 36.4 Å². The van der Waals surface area contributed by atoms with E-state index in [0.717, 1.165) is 0 Å². The highest BCUT2D eigenvalue weighted by Gasteiger charge is 2.08. The third kappa shape index (κ3) is 3.21. The van der Waals surface area contributed by atoms with Crippen molar-refractivity contribution < 1.29 is 14.7 Å². The third-order valence-electron chi connectivity index (χ3n) is 1.83. The molecule has 1 aromatic rings. The lowest BCUT2D eigenvalue weighted by Crippen LogP contribution is -2.16. The molecule has 0 fully saturated rings. The number of hydrogen-bond acceptors (Lipinski definition) is 3. The first-order valence-corrected chi connectivity index (χ1v) is 4.62. The van der Waals surface area contributed by atoms with Crippen molar-refractivity contribution in [2.24, 2.45) is 5.73 Å². The summed E-state index contributed by atoms with van der Waals surface area (Å²) in [6, 6.07) is 6.43. The minimum Gasteiger partial charge on any atom is -0.392 e. The maximum atomic E-state index is 11.3. The summed E-state index contributed by atoms with van der Waals surface area (Å²) in [7, 11) is 0. The topological polar surface area (TPSA) is 92.4 Å². The molecule has 0 aliphatic carbocycles. The van der Waals surface area contributed by atoms with Crippen LogP contribution in [0.4, 0.5) is 5.69 Å². The smallest absolute Gasteiger partial charge is 0.250 e. The van der Waals surface area contributed by atoms with Crippen LogP contribution in [0.25, 0.3) is 0 Å². The molecule has 0 radical (unpaired) electrons. The number of carbonyl (C=O) groups is 2. The summed E-state index contributed by atoms with van der Waals surface area (Å²) >= 11 is 0. The van der Waals surface area contributed by atoms with Crippen molar-refractivity contribution >= 4 is 17.5 Å². The highest BCUT2D eigenvalue weighted by molar-refractivity contribution is 6.05. The average molecular weight is 220 g/mol. The number of para-hydroxylation sites is 1. The van der Waals surface area contributed by atoms with Crippen LogP contribution in [0.3, 0.4) is 0 Å². The van der Waals surface area contributed by atoms with Crippen LogP contribution < -0.4 is 11.1 Å². The van der Waals surface area contributed by atoms with Crippen LogP contribution in [0.5, 0.6) is 0 Å². The van der Waals surface area contributed by atoms with Crippen molar-refractivity contribution in [1.82, 2.24) is 0 Å². The molecule has 0 bridgehead atoms. The number of rotatable bonds is 4.